The largest absolute Gasteiger partial charge is 0.525 e. The maximum absolute atomic E-state index is 11.3. The third-order valence-electron chi connectivity index (χ3n) is 4.07. The van der Waals surface area contributed by atoms with Crippen molar-refractivity contribution < 1.29 is 43.3 Å². The Kier molecular flexibility index (Phi) is 7.66. The van der Waals surface area contributed by atoms with Gasteiger partial charge in [-0.3, -0.25) is 9.79 Å². The highest BCUT2D eigenvalue weighted by Gasteiger charge is 2.24. The smallest absolute Gasteiger partial charge is 0.496 e. The monoisotopic (exact) mass is 426 g/mol. The van der Waals surface area contributed by atoms with Gasteiger partial charge in [0.25, 0.3) is 0 Å². The molecule has 0 spiro atoms. The van der Waals surface area contributed by atoms with Gasteiger partial charge in [0.15, 0.2) is 11.5 Å². The van der Waals surface area contributed by atoms with Crippen molar-refractivity contribution in [2.45, 2.75) is 13.2 Å². The summed E-state index contributed by atoms with van der Waals surface area (Å²) in [6.45, 7) is -0.557. The predicted molar refractivity (Wildman–Crippen MR) is 106 cm³/mol. The SMILES string of the molecule is COc1cc(/C=C\c2ccc(OC)c(OP(=O)(O)O)c2OC)cc(CO)c1CO. The number of aliphatic hydroxyl groups is 2. The van der Waals surface area contributed by atoms with Crippen LogP contribution in [0.4, 0.5) is 0 Å². The van der Waals surface area contributed by atoms with Gasteiger partial charge in [-0.05, 0) is 35.4 Å². The lowest BCUT2D eigenvalue weighted by Crippen LogP contribution is -2.00. The molecular formula is C19H23O9P. The van der Waals surface area contributed by atoms with Gasteiger partial charge in [-0.25, -0.2) is 4.57 Å². The van der Waals surface area contributed by atoms with Crippen LogP contribution in [-0.4, -0.2) is 41.3 Å². The van der Waals surface area contributed by atoms with Crippen molar-refractivity contribution in [1.82, 2.24) is 0 Å². The van der Waals surface area contributed by atoms with Crippen LogP contribution in [0.1, 0.15) is 22.3 Å². The van der Waals surface area contributed by atoms with Gasteiger partial charge in [0.1, 0.15) is 5.75 Å². The van der Waals surface area contributed by atoms with Crippen LogP contribution in [0.25, 0.3) is 12.2 Å². The molecule has 0 saturated heterocycles. The van der Waals surface area contributed by atoms with Crippen LogP contribution in [0.3, 0.4) is 0 Å². The molecule has 10 heteroatoms. The summed E-state index contributed by atoms with van der Waals surface area (Å²) in [7, 11) is -0.717. The molecule has 0 aliphatic heterocycles. The summed E-state index contributed by atoms with van der Waals surface area (Å²) in [5, 5.41) is 19.0. The van der Waals surface area contributed by atoms with Crippen LogP contribution >= 0.6 is 7.82 Å². The first-order chi connectivity index (χ1) is 13.8. The van der Waals surface area contributed by atoms with Gasteiger partial charge < -0.3 is 28.9 Å². The molecule has 158 valence electrons. The Hall–Kier alpha value is -2.55. The Labute approximate surface area is 168 Å². The number of phosphoric ester groups is 1. The van der Waals surface area contributed by atoms with Crippen molar-refractivity contribution in [2.24, 2.45) is 0 Å². The average molecular weight is 426 g/mol. The van der Waals surface area contributed by atoms with Crippen molar-refractivity contribution in [3.8, 4) is 23.0 Å². The number of rotatable bonds is 9. The second-order valence-corrected chi connectivity index (χ2v) is 6.98. The molecule has 2 aromatic rings. The summed E-state index contributed by atoms with van der Waals surface area (Å²) in [6.07, 6.45) is 3.33. The number of methoxy groups -OCH3 is 3. The zero-order valence-corrected chi connectivity index (χ0v) is 17.1. The number of aliphatic hydroxyl groups excluding tert-OH is 2. The molecule has 0 unspecified atom stereocenters. The Balaban J connectivity index is 2.52. The van der Waals surface area contributed by atoms with Crippen molar-refractivity contribution >= 4 is 20.0 Å². The Morgan fingerprint density at radius 3 is 2.10 bits per heavy atom. The molecule has 0 heterocycles. The summed E-state index contributed by atoms with van der Waals surface area (Å²) in [6, 6.07) is 6.49. The van der Waals surface area contributed by atoms with E-state index in [0.29, 0.717) is 28.0 Å². The highest BCUT2D eigenvalue weighted by molar-refractivity contribution is 7.46. The summed E-state index contributed by atoms with van der Waals surface area (Å²) in [5.74, 6) is 0.366. The molecule has 29 heavy (non-hydrogen) atoms. The molecule has 4 N–H and O–H groups in total. The van der Waals surface area contributed by atoms with Crippen LogP contribution in [0.15, 0.2) is 24.3 Å². The molecule has 2 aromatic carbocycles. The van der Waals surface area contributed by atoms with E-state index in [1.54, 1.807) is 30.4 Å². The molecule has 0 atom stereocenters. The number of ether oxygens (including phenoxy) is 3. The van der Waals surface area contributed by atoms with Crippen molar-refractivity contribution in [3.05, 3.63) is 46.5 Å². The summed E-state index contributed by atoms with van der Waals surface area (Å²) >= 11 is 0. The second kappa shape index (κ2) is 9.78. The van der Waals surface area contributed by atoms with Crippen LogP contribution in [0, 0.1) is 0 Å². The standard InChI is InChI=1S/C19H23O9P/c1-25-16-7-6-13(18(27-3)19(16)28-29(22,23)24)5-4-12-8-14(10-20)15(11-21)17(9-12)26-2/h4-9,20-21H,10-11H2,1-3H3,(H2,22,23,24)/b5-4-. The van der Waals surface area contributed by atoms with Crippen LogP contribution in [0.5, 0.6) is 23.0 Å². The third-order valence-corrected chi connectivity index (χ3v) is 4.49. The normalized spacial score (nSPS) is 11.6. The van der Waals surface area contributed by atoms with Gasteiger partial charge in [-0.15, -0.1) is 0 Å². The van der Waals surface area contributed by atoms with Gasteiger partial charge in [-0.1, -0.05) is 12.2 Å². The first-order valence-electron chi connectivity index (χ1n) is 8.37. The highest BCUT2D eigenvalue weighted by Crippen LogP contribution is 2.48. The summed E-state index contributed by atoms with van der Waals surface area (Å²) in [5.41, 5.74) is 2.14. The number of benzene rings is 2. The molecule has 0 fully saturated rings. The molecule has 0 radical (unpaired) electrons. The van der Waals surface area contributed by atoms with E-state index in [0.717, 1.165) is 0 Å². The van der Waals surface area contributed by atoms with E-state index >= 15 is 0 Å². The van der Waals surface area contributed by atoms with E-state index in [1.807, 2.05) is 0 Å². The molecule has 0 amide bonds. The number of phosphoric acid groups is 1. The number of hydrogen-bond acceptors (Lipinski definition) is 7. The third kappa shape index (κ3) is 5.50. The van der Waals surface area contributed by atoms with Crippen LogP contribution in [0.2, 0.25) is 0 Å². The molecule has 0 aliphatic rings. The zero-order valence-electron chi connectivity index (χ0n) is 16.2. The quantitative estimate of drug-likeness (QED) is 0.352. The fourth-order valence-electron chi connectivity index (χ4n) is 2.78. The number of hydrogen-bond donors (Lipinski definition) is 4. The minimum Gasteiger partial charge on any atom is -0.496 e. The Morgan fingerprint density at radius 1 is 0.897 bits per heavy atom. The Bertz CT molecular complexity index is 909. The molecule has 0 saturated carbocycles. The maximum Gasteiger partial charge on any atom is 0.525 e. The van der Waals surface area contributed by atoms with E-state index in [9.17, 15) is 24.6 Å². The summed E-state index contributed by atoms with van der Waals surface area (Å²) < 4.78 is 31.7. The second-order valence-electron chi connectivity index (χ2n) is 5.81. The van der Waals surface area contributed by atoms with Crippen molar-refractivity contribution in [1.29, 1.82) is 0 Å². The van der Waals surface area contributed by atoms with Gasteiger partial charge in [0.2, 0.25) is 5.75 Å². The molecule has 9 nitrogen and oxygen atoms in total. The minimum atomic E-state index is -4.85. The van der Waals surface area contributed by atoms with E-state index in [4.69, 9.17) is 18.7 Å². The molecular weight excluding hydrogens is 403 g/mol. The first-order valence-corrected chi connectivity index (χ1v) is 9.90. The van der Waals surface area contributed by atoms with Crippen LogP contribution in [-0.2, 0) is 17.8 Å². The maximum atomic E-state index is 11.3. The lowest BCUT2D eigenvalue weighted by Gasteiger charge is -2.16. The minimum absolute atomic E-state index is 0.0743. The predicted octanol–water partition coefficient (Wildman–Crippen LogP) is 2.34. The van der Waals surface area contributed by atoms with E-state index in [-0.39, 0.29) is 30.5 Å². The van der Waals surface area contributed by atoms with E-state index in [1.165, 1.54) is 27.4 Å². The molecule has 0 bridgehead atoms. The van der Waals surface area contributed by atoms with Crippen molar-refractivity contribution in [2.75, 3.05) is 21.3 Å². The average Bonchev–Trinajstić information content (AvgIpc) is 2.70. The lowest BCUT2D eigenvalue weighted by molar-refractivity contribution is 0.254. The molecule has 0 aromatic heterocycles. The molecule has 0 aliphatic carbocycles. The topological polar surface area (TPSA) is 135 Å². The van der Waals surface area contributed by atoms with E-state index < -0.39 is 7.82 Å². The highest BCUT2D eigenvalue weighted by atomic mass is 31.2. The summed E-state index contributed by atoms with van der Waals surface area (Å²) in [4.78, 5) is 18.4. The fraction of sp³-hybridized carbons (Fsp3) is 0.263. The zero-order chi connectivity index (χ0) is 21.6. The van der Waals surface area contributed by atoms with Crippen LogP contribution < -0.4 is 18.7 Å². The van der Waals surface area contributed by atoms with Gasteiger partial charge in [0, 0.05) is 11.1 Å². The van der Waals surface area contributed by atoms with Gasteiger partial charge in [-0.2, -0.15) is 0 Å². The van der Waals surface area contributed by atoms with E-state index in [2.05, 4.69) is 0 Å². The fourth-order valence-corrected chi connectivity index (χ4v) is 3.19. The lowest BCUT2D eigenvalue weighted by atomic mass is 10.0. The van der Waals surface area contributed by atoms with Gasteiger partial charge >= 0.3 is 7.82 Å². The van der Waals surface area contributed by atoms with Gasteiger partial charge in [0.05, 0.1) is 34.5 Å². The molecule has 2 rings (SSSR count). The first kappa shape index (κ1) is 22.7. The van der Waals surface area contributed by atoms with Crippen molar-refractivity contribution in [3.63, 3.8) is 0 Å². The Morgan fingerprint density at radius 2 is 1.59 bits per heavy atom.